The van der Waals surface area contributed by atoms with E-state index in [1.54, 1.807) is 20.3 Å². The van der Waals surface area contributed by atoms with Crippen LogP contribution >= 0.6 is 0 Å². The number of carboxylic acids is 1. The molecule has 0 saturated heterocycles. The maximum Gasteiger partial charge on any atom is 0.309 e. The zero-order chi connectivity index (χ0) is 45.4. The number of allylic oxidation sites excluding steroid dienone is 2. The molecule has 0 aromatic heterocycles. The summed E-state index contributed by atoms with van der Waals surface area (Å²) in [7, 11) is 3.16. The van der Waals surface area contributed by atoms with E-state index in [4.69, 9.17) is 23.7 Å². The van der Waals surface area contributed by atoms with E-state index in [0.717, 1.165) is 74.7 Å². The van der Waals surface area contributed by atoms with Crippen molar-refractivity contribution in [3.05, 3.63) is 52.6 Å². The molecule has 0 radical (unpaired) electrons. The fourth-order valence-electron chi connectivity index (χ4n) is 14.8. The molecule has 63 heavy (non-hydrogen) atoms. The first-order chi connectivity index (χ1) is 29.6. The van der Waals surface area contributed by atoms with Gasteiger partial charge in [-0.1, -0.05) is 61.0 Å². The summed E-state index contributed by atoms with van der Waals surface area (Å²) in [4.78, 5) is 40.0. The maximum atomic E-state index is 14.2. The summed E-state index contributed by atoms with van der Waals surface area (Å²) in [5.41, 5.74) is 2.51. The second-order valence-electron chi connectivity index (χ2n) is 23.0. The highest BCUT2D eigenvalue weighted by molar-refractivity contribution is 6.06. The number of carboxylic acid groups (broad SMARTS) is 1. The number of hydrogen-bond acceptors (Lipinski definition) is 9. The Morgan fingerprint density at radius 3 is 2.24 bits per heavy atom. The van der Waals surface area contributed by atoms with Crippen LogP contribution in [-0.4, -0.2) is 66.9 Å². The van der Waals surface area contributed by atoms with E-state index in [9.17, 15) is 24.6 Å². The number of aliphatic hydroxyl groups excluding tert-OH is 1. The summed E-state index contributed by atoms with van der Waals surface area (Å²) in [5.74, 6) is 3.30. The van der Waals surface area contributed by atoms with Gasteiger partial charge in [0.05, 0.1) is 37.2 Å². The molecule has 10 heteroatoms. The van der Waals surface area contributed by atoms with Gasteiger partial charge >= 0.3 is 5.97 Å². The minimum absolute atomic E-state index is 0.0296. The number of Topliss-reactive ketones (excluding diaryl/α,β-unsaturated/α-hetero) is 1. The van der Waals surface area contributed by atoms with Crippen LogP contribution in [0.2, 0.25) is 0 Å². The maximum absolute atomic E-state index is 14.2. The van der Waals surface area contributed by atoms with Gasteiger partial charge in [0.25, 0.3) is 0 Å². The summed E-state index contributed by atoms with van der Waals surface area (Å²) in [6.45, 7) is 20.4. The Bertz CT molecular complexity index is 2280. The zero-order valence-electron chi connectivity index (χ0n) is 39.4. The zero-order valence-corrected chi connectivity index (χ0v) is 39.4. The van der Waals surface area contributed by atoms with E-state index in [-0.39, 0.29) is 68.8 Å². The number of benzene rings is 2. The molecule has 2 aromatic rings. The lowest BCUT2D eigenvalue weighted by atomic mass is 9.33. The van der Waals surface area contributed by atoms with E-state index in [0.29, 0.717) is 53.4 Å². The lowest BCUT2D eigenvalue weighted by molar-refractivity contribution is -0.202. The van der Waals surface area contributed by atoms with E-state index in [1.165, 1.54) is 5.57 Å². The number of aliphatic hydroxyl groups is 1. The van der Waals surface area contributed by atoms with E-state index >= 15 is 0 Å². The fraction of sp³-hybridized carbons (Fsp3) is 0.679. The van der Waals surface area contributed by atoms with Gasteiger partial charge in [-0.05, 0) is 134 Å². The Morgan fingerprint density at radius 2 is 1.56 bits per heavy atom. The minimum atomic E-state index is -0.711. The first-order valence-corrected chi connectivity index (χ1v) is 23.7. The third-order valence-electron chi connectivity index (χ3n) is 19.2. The molecule has 4 saturated carbocycles. The number of aliphatic carboxylic acids is 1. The number of ether oxygens (including phenoxy) is 5. The van der Waals surface area contributed by atoms with Crippen LogP contribution in [0.25, 0.3) is 0 Å². The van der Waals surface area contributed by atoms with Crippen LogP contribution in [-0.2, 0) is 16.0 Å². The predicted octanol–water partition coefficient (Wildman–Crippen LogP) is 10.2. The van der Waals surface area contributed by atoms with Crippen molar-refractivity contribution >= 4 is 17.5 Å². The average molecular weight is 867 g/mol. The van der Waals surface area contributed by atoms with Crippen molar-refractivity contribution in [3.63, 3.8) is 0 Å². The molecule has 4 fully saturated rings. The van der Waals surface area contributed by atoms with Gasteiger partial charge in [-0.25, -0.2) is 0 Å². The smallest absolute Gasteiger partial charge is 0.309 e. The largest absolute Gasteiger partial charge is 0.493 e. The van der Waals surface area contributed by atoms with Gasteiger partial charge in [0.2, 0.25) is 0 Å². The van der Waals surface area contributed by atoms with Gasteiger partial charge < -0.3 is 33.9 Å². The van der Waals surface area contributed by atoms with Gasteiger partial charge in [0.1, 0.15) is 36.1 Å². The molecule has 10 nitrogen and oxygen atoms in total. The first kappa shape index (κ1) is 44.2. The molecule has 3 aliphatic heterocycles. The molecule has 2 aromatic carbocycles. The number of hydrogen-bond donors (Lipinski definition) is 2. The number of carbonyl (C=O) groups excluding carboxylic acids is 2. The monoisotopic (exact) mass is 866 g/mol. The van der Waals surface area contributed by atoms with Crippen molar-refractivity contribution in [3.8, 4) is 28.7 Å². The Hall–Kier alpha value is -4.05. The molecule has 8 aliphatic rings. The number of carbonyl (C=O) groups is 3. The highest BCUT2D eigenvalue weighted by Gasteiger charge is 2.70. The van der Waals surface area contributed by atoms with Crippen LogP contribution in [0.5, 0.6) is 28.7 Å². The highest BCUT2D eigenvalue weighted by atomic mass is 16.5. The SMILES string of the molecule is CC1(C(=O)O)CCC2(C)CCC3(C)C(=CC(=O)C4C5(C)CCC(O)C(C)(C)C5CCC43C)C2C1.COc1cc2c(cc1OC)C1C(=O)c3ccc4c(c3OC1CO2)CC(C(C)C)O4. The molecular formula is C53H70O10. The normalized spacial score (nSPS) is 40.1. The average Bonchev–Trinajstić information content (AvgIpc) is 3.69. The number of fused-ring (bicyclic) bond motifs is 13. The number of ketones is 2. The van der Waals surface area contributed by atoms with E-state index in [2.05, 4.69) is 55.4 Å². The van der Waals surface area contributed by atoms with Crippen LogP contribution in [0.1, 0.15) is 148 Å². The Balaban J connectivity index is 0.000000162. The van der Waals surface area contributed by atoms with Gasteiger partial charge in [0.15, 0.2) is 23.1 Å². The van der Waals surface area contributed by atoms with Gasteiger partial charge in [-0.2, -0.15) is 0 Å². The second kappa shape index (κ2) is 14.7. The van der Waals surface area contributed by atoms with Crippen LogP contribution in [0.15, 0.2) is 35.9 Å². The summed E-state index contributed by atoms with van der Waals surface area (Å²) >= 11 is 0. The lowest BCUT2D eigenvalue weighted by Crippen LogP contribution is -2.66. The number of methoxy groups -OCH3 is 2. The summed E-state index contributed by atoms with van der Waals surface area (Å²) in [6.07, 6.45) is 10.4. The predicted molar refractivity (Wildman–Crippen MR) is 239 cm³/mol. The minimum Gasteiger partial charge on any atom is -0.493 e. The number of rotatable bonds is 4. The van der Waals surface area contributed by atoms with Gasteiger partial charge in [0, 0.05) is 29.5 Å². The standard InChI is InChI=1S/C30H46O4.C23H24O6/c1-25(2)21-8-11-30(7)23(28(21,5)10-9-22(25)32)20(31)16-18-19-17-27(4,24(33)34)13-12-26(19,3)14-15-29(18,30)6;1-11(2)16-8-14-15(28-16)6-5-12-22(24)21-13-7-18(25-3)19(26-4)9-17(13)27-10-20(21)29-23(12)14/h16,19,21-23,32H,8-15,17H2,1-7H3,(H,33,34);5-7,9,11,16,20-21H,8,10H2,1-4H3. The third-order valence-corrected chi connectivity index (χ3v) is 19.2. The molecule has 12 unspecified atom stereocenters. The first-order valence-electron chi connectivity index (χ1n) is 23.7. The Morgan fingerprint density at radius 1 is 0.857 bits per heavy atom. The van der Waals surface area contributed by atoms with Crippen molar-refractivity contribution in [1.29, 1.82) is 0 Å². The van der Waals surface area contributed by atoms with Crippen LogP contribution in [0.3, 0.4) is 0 Å². The van der Waals surface area contributed by atoms with Crippen molar-refractivity contribution in [1.82, 2.24) is 0 Å². The van der Waals surface area contributed by atoms with Crippen molar-refractivity contribution < 1.29 is 48.3 Å². The van der Waals surface area contributed by atoms with Crippen LogP contribution < -0.4 is 23.7 Å². The molecule has 0 amide bonds. The quantitative estimate of drug-likeness (QED) is 0.306. The van der Waals surface area contributed by atoms with Crippen LogP contribution in [0.4, 0.5) is 0 Å². The summed E-state index contributed by atoms with van der Waals surface area (Å²) in [5, 5.41) is 20.9. The molecule has 3 heterocycles. The van der Waals surface area contributed by atoms with Crippen LogP contribution in [0, 0.1) is 56.2 Å². The molecule has 2 N–H and O–H groups in total. The molecule has 5 aliphatic carbocycles. The van der Waals surface area contributed by atoms with Crippen molar-refractivity contribution in [2.75, 3.05) is 20.8 Å². The van der Waals surface area contributed by atoms with Gasteiger partial charge in [-0.3, -0.25) is 14.4 Å². The fourth-order valence-corrected chi connectivity index (χ4v) is 14.8. The molecule has 0 spiro atoms. The summed E-state index contributed by atoms with van der Waals surface area (Å²) < 4.78 is 29.2. The molecular weight excluding hydrogens is 797 g/mol. The Labute approximate surface area is 373 Å². The van der Waals surface area contributed by atoms with Crippen molar-refractivity contribution in [2.45, 2.75) is 151 Å². The van der Waals surface area contributed by atoms with Crippen molar-refractivity contribution in [2.24, 2.45) is 56.2 Å². The summed E-state index contributed by atoms with van der Waals surface area (Å²) in [6, 6.07) is 7.32. The topological polar surface area (TPSA) is 138 Å². The lowest BCUT2D eigenvalue weighted by Gasteiger charge is -2.70. The molecule has 10 rings (SSSR count). The third kappa shape index (κ3) is 6.28. The van der Waals surface area contributed by atoms with E-state index in [1.807, 2.05) is 31.2 Å². The van der Waals surface area contributed by atoms with Gasteiger partial charge in [-0.15, -0.1) is 0 Å². The molecule has 0 bridgehead atoms. The van der Waals surface area contributed by atoms with E-state index < -0.39 is 17.3 Å². The molecule has 342 valence electrons. The molecule has 12 atom stereocenters. The second-order valence-corrected chi connectivity index (χ2v) is 23.0. The highest BCUT2D eigenvalue weighted by Crippen LogP contribution is 2.75. The Kier molecular flexibility index (Phi) is 10.3.